The molecule has 1 aromatic heterocycles. The van der Waals surface area contributed by atoms with Crippen LogP contribution in [0.3, 0.4) is 0 Å². The summed E-state index contributed by atoms with van der Waals surface area (Å²) >= 11 is 0. The van der Waals surface area contributed by atoms with Crippen LogP contribution in [0.4, 0.5) is 0 Å². The van der Waals surface area contributed by atoms with Gasteiger partial charge in [-0.25, -0.2) is 4.79 Å². The van der Waals surface area contributed by atoms with Crippen molar-refractivity contribution in [1.29, 1.82) is 0 Å². The van der Waals surface area contributed by atoms with E-state index in [-0.39, 0.29) is 30.4 Å². The number of aromatic nitrogens is 1. The summed E-state index contributed by atoms with van der Waals surface area (Å²) in [6.45, 7) is 6.08. The van der Waals surface area contributed by atoms with Crippen molar-refractivity contribution in [3.63, 3.8) is 0 Å². The van der Waals surface area contributed by atoms with Gasteiger partial charge in [0.1, 0.15) is 6.04 Å². The Balaban J connectivity index is 0.982. The Hall–Kier alpha value is -3.66. The van der Waals surface area contributed by atoms with Crippen LogP contribution >= 0.6 is 0 Å². The zero-order valence-electron chi connectivity index (χ0n) is 26.5. The Kier molecular flexibility index (Phi) is 8.31. The molecule has 45 heavy (non-hydrogen) atoms. The molecule has 4 unspecified atom stereocenters. The van der Waals surface area contributed by atoms with Crippen LogP contribution in [0.15, 0.2) is 47.3 Å². The van der Waals surface area contributed by atoms with E-state index in [1.807, 2.05) is 31.2 Å². The number of carbonyl (C=O) groups is 3. The third-order valence-electron chi connectivity index (χ3n) is 12.1. The average molecular weight is 619 g/mol. The first kappa shape index (κ1) is 31.3. The molecule has 5 N–H and O–H groups in total. The molecule has 242 valence electrons. The molecule has 3 fully saturated rings. The number of aliphatic hydroxyl groups is 1. The van der Waals surface area contributed by atoms with Crippen LogP contribution in [-0.4, -0.2) is 63.5 Å². The van der Waals surface area contributed by atoms with Crippen LogP contribution in [0, 0.1) is 28.6 Å². The highest BCUT2D eigenvalue weighted by Gasteiger charge is 2.62. The van der Waals surface area contributed by atoms with Crippen LogP contribution in [0.1, 0.15) is 77.7 Å². The van der Waals surface area contributed by atoms with Crippen molar-refractivity contribution in [2.75, 3.05) is 13.2 Å². The van der Waals surface area contributed by atoms with E-state index >= 15 is 0 Å². The van der Waals surface area contributed by atoms with Crippen molar-refractivity contribution >= 4 is 34.4 Å². The fourth-order valence-corrected chi connectivity index (χ4v) is 9.26. The van der Waals surface area contributed by atoms with Crippen LogP contribution < -0.4 is 10.6 Å². The molecule has 1 heterocycles. The highest BCUT2D eigenvalue weighted by Crippen LogP contribution is 2.67. The van der Waals surface area contributed by atoms with E-state index in [9.17, 15) is 24.6 Å². The second kappa shape index (κ2) is 11.9. The number of nitrogens with one attached hydrogen (secondary N) is 3. The molecule has 2 amide bonds. The maximum absolute atomic E-state index is 12.5. The SMILES string of the molecule is C[C@]12CCC(=NOCC(=O)NCC(=O)NC(Cc3c[nH]c4ccccc34)C(=O)O)C=C1CCC1C2CC[C@@]2(C)C1CC[C@]2(C)O. The van der Waals surface area contributed by atoms with Gasteiger partial charge < -0.3 is 30.7 Å². The van der Waals surface area contributed by atoms with Crippen molar-refractivity contribution in [2.24, 2.45) is 33.7 Å². The van der Waals surface area contributed by atoms with Gasteiger partial charge in [-0.15, -0.1) is 0 Å². The van der Waals surface area contributed by atoms with Crippen molar-refractivity contribution < 1.29 is 29.4 Å². The van der Waals surface area contributed by atoms with Crippen LogP contribution in [0.5, 0.6) is 0 Å². The number of fused-ring (bicyclic) bond motifs is 6. The van der Waals surface area contributed by atoms with Gasteiger partial charge in [-0.3, -0.25) is 9.59 Å². The van der Waals surface area contributed by atoms with Gasteiger partial charge in [0, 0.05) is 23.5 Å². The zero-order chi connectivity index (χ0) is 32.0. The molecule has 10 heteroatoms. The van der Waals surface area contributed by atoms with Gasteiger partial charge in [-0.05, 0) is 105 Å². The lowest BCUT2D eigenvalue weighted by molar-refractivity contribution is -0.141. The topological polar surface area (TPSA) is 153 Å². The van der Waals surface area contributed by atoms with Crippen LogP contribution in [0.2, 0.25) is 0 Å². The maximum atomic E-state index is 12.5. The minimum atomic E-state index is -1.15. The number of aliphatic carboxylic acids is 1. The number of para-hydroxylation sites is 1. The first-order chi connectivity index (χ1) is 21.4. The monoisotopic (exact) mass is 618 g/mol. The first-order valence-electron chi connectivity index (χ1n) is 16.4. The molecule has 0 bridgehead atoms. The Morgan fingerprint density at radius 1 is 1.04 bits per heavy atom. The fraction of sp³-hybridized carbons (Fsp3) is 0.600. The lowest BCUT2D eigenvalue weighted by atomic mass is 9.46. The third kappa shape index (κ3) is 5.77. The Morgan fingerprint density at radius 3 is 2.62 bits per heavy atom. The van der Waals surface area contributed by atoms with Crippen molar-refractivity contribution in [3.05, 3.63) is 47.7 Å². The first-order valence-corrected chi connectivity index (χ1v) is 16.4. The molecular weight excluding hydrogens is 572 g/mol. The quantitative estimate of drug-likeness (QED) is 0.261. The number of benzene rings is 1. The number of H-pyrrole nitrogens is 1. The van der Waals surface area contributed by atoms with E-state index < -0.39 is 29.4 Å². The second-order valence-corrected chi connectivity index (χ2v) is 14.4. The number of oxime groups is 1. The standard InChI is InChI=1S/C35H46N4O6/c1-33-13-10-23(17-22(33)8-9-25-26(33)11-14-34(2)27(25)12-15-35(34,3)44)39-45-20-31(41)37-19-30(40)38-29(32(42)43)16-21-18-36-28-7-5-4-6-24(21)28/h4-7,17-18,25-27,29,36,44H,8-16,19-20H2,1-3H3,(H,37,41)(H,38,40)(H,42,43)/t25?,26?,27?,29?,33-,34-,35-/m0/s1. The molecule has 0 saturated heterocycles. The number of hydrogen-bond acceptors (Lipinski definition) is 6. The van der Waals surface area contributed by atoms with E-state index in [1.165, 1.54) is 5.57 Å². The number of allylic oxidation sites excluding steroid dienone is 2. The van der Waals surface area contributed by atoms with Crippen LogP contribution in [0.25, 0.3) is 10.9 Å². The van der Waals surface area contributed by atoms with Crippen molar-refractivity contribution in [2.45, 2.75) is 90.2 Å². The van der Waals surface area contributed by atoms with Gasteiger partial charge >= 0.3 is 5.97 Å². The molecule has 2 aromatic rings. The molecule has 6 rings (SSSR count). The Morgan fingerprint density at radius 2 is 1.82 bits per heavy atom. The molecular formula is C35H46N4O6. The van der Waals surface area contributed by atoms with Gasteiger partial charge in [-0.2, -0.15) is 0 Å². The Labute approximate surface area is 264 Å². The summed E-state index contributed by atoms with van der Waals surface area (Å²) in [6.07, 6.45) is 12.2. The van der Waals surface area contributed by atoms with E-state index in [0.717, 1.165) is 73.5 Å². The summed E-state index contributed by atoms with van der Waals surface area (Å²) < 4.78 is 0. The lowest BCUT2D eigenvalue weighted by Crippen LogP contribution is -2.53. The molecule has 4 aliphatic carbocycles. The van der Waals surface area contributed by atoms with E-state index in [4.69, 9.17) is 4.84 Å². The van der Waals surface area contributed by atoms with Gasteiger partial charge in [0.05, 0.1) is 17.9 Å². The van der Waals surface area contributed by atoms with E-state index in [2.05, 4.69) is 40.7 Å². The van der Waals surface area contributed by atoms with Gasteiger partial charge in [0.25, 0.3) is 5.91 Å². The number of carboxylic acid groups (broad SMARTS) is 1. The molecule has 4 aliphatic rings. The summed E-state index contributed by atoms with van der Waals surface area (Å²) in [5.74, 6) is -0.415. The lowest BCUT2D eigenvalue weighted by Gasteiger charge is -2.59. The minimum Gasteiger partial charge on any atom is -0.480 e. The van der Waals surface area contributed by atoms with Gasteiger partial charge in [0.15, 0.2) is 6.61 Å². The number of carbonyl (C=O) groups excluding carboxylic acids is 2. The summed E-state index contributed by atoms with van der Waals surface area (Å²) in [6, 6.07) is 6.42. The molecule has 0 spiro atoms. The Bertz CT molecular complexity index is 1540. The molecule has 0 aliphatic heterocycles. The van der Waals surface area contributed by atoms with Gasteiger partial charge in [-0.1, -0.05) is 42.8 Å². The normalized spacial score (nSPS) is 33.8. The molecule has 1 aromatic carbocycles. The number of aromatic amines is 1. The van der Waals surface area contributed by atoms with Gasteiger partial charge in [0.2, 0.25) is 5.91 Å². The summed E-state index contributed by atoms with van der Waals surface area (Å²) in [7, 11) is 0. The van der Waals surface area contributed by atoms with Crippen molar-refractivity contribution in [1.82, 2.24) is 15.6 Å². The second-order valence-electron chi connectivity index (χ2n) is 14.4. The molecule has 3 saturated carbocycles. The highest BCUT2D eigenvalue weighted by atomic mass is 16.6. The number of rotatable bonds is 9. The minimum absolute atomic E-state index is 0.0119. The summed E-state index contributed by atoms with van der Waals surface area (Å²) in [4.78, 5) is 45.2. The number of hydrogen-bond donors (Lipinski definition) is 5. The third-order valence-corrected chi connectivity index (χ3v) is 12.1. The number of nitrogens with zero attached hydrogens (tertiary/aromatic N) is 1. The largest absolute Gasteiger partial charge is 0.480 e. The number of amides is 2. The molecule has 0 radical (unpaired) electrons. The molecule has 10 nitrogen and oxygen atoms in total. The molecule has 7 atom stereocenters. The highest BCUT2D eigenvalue weighted by molar-refractivity contribution is 5.96. The average Bonchev–Trinajstić information content (AvgIpc) is 3.52. The van der Waals surface area contributed by atoms with Crippen molar-refractivity contribution in [3.8, 4) is 0 Å². The smallest absolute Gasteiger partial charge is 0.326 e. The predicted molar refractivity (Wildman–Crippen MR) is 170 cm³/mol. The zero-order valence-corrected chi connectivity index (χ0v) is 26.5. The maximum Gasteiger partial charge on any atom is 0.326 e. The predicted octanol–water partition coefficient (Wildman–Crippen LogP) is 4.48. The summed E-state index contributed by atoms with van der Waals surface area (Å²) in [5.41, 5.74) is 3.50. The van der Waals surface area contributed by atoms with E-state index in [0.29, 0.717) is 17.8 Å². The number of carboxylic acids is 1. The van der Waals surface area contributed by atoms with E-state index in [1.54, 1.807) is 6.20 Å². The van der Waals surface area contributed by atoms with Crippen LogP contribution in [-0.2, 0) is 25.6 Å². The summed E-state index contributed by atoms with van der Waals surface area (Å²) in [5, 5.41) is 31.0. The fourth-order valence-electron chi connectivity index (χ4n) is 9.26.